The molecule has 0 aliphatic carbocycles. The molecule has 1 rings (SSSR count). The Morgan fingerprint density at radius 3 is 1.20 bits per heavy atom. The zero-order chi connectivity index (χ0) is 56.7. The highest BCUT2D eigenvalue weighted by molar-refractivity contribution is 5.97. The van der Waals surface area contributed by atoms with Gasteiger partial charge in [-0.2, -0.15) is 0 Å². The van der Waals surface area contributed by atoms with Gasteiger partial charge in [0.2, 0.25) is 41.4 Å². The number of hydrogen-bond acceptors (Lipinski definition) is 15. The molecule has 0 bridgehead atoms. The number of hydrogen-bond donors (Lipinski definition) is 12. The van der Waals surface area contributed by atoms with Crippen LogP contribution >= 0.6 is 0 Å². The summed E-state index contributed by atoms with van der Waals surface area (Å²) in [7, 11) is 0. The maximum absolute atomic E-state index is 14.4. The topological polar surface area (TPSA) is 365 Å². The standard InChI is InChI=1S/C49H89N11O14/c1-27(2)25-34-41(66)56-32(18-16-22-53-45(70)73-48(9,10)11)38(63)57-33(20-24-54-46(71)74-49(12,13)14)40(65)60-36(29(5)61)43(68)51-23-19-30(50)37(62)55-31(17-15-21-52-44(69)72-47(6,7)8)39(64)58-35(26-28(3)4)42(67)59-34/h27-36,61H,15-26,50H2,1-14H3,(H,51,68)(H,52,69)(H,53,70)(H,54,71)(H,55,62)(H,56,66)(H,57,63)(H,58,64)(H,59,67)(H,60,65)/t29?,30-,31-,32-,33-,34-,35+,36-/m0/s1. The molecule has 424 valence electrons. The van der Waals surface area contributed by atoms with E-state index in [1.807, 2.05) is 13.8 Å². The maximum Gasteiger partial charge on any atom is 0.407 e. The van der Waals surface area contributed by atoms with Crippen molar-refractivity contribution in [2.24, 2.45) is 17.6 Å². The molecule has 0 aromatic rings. The number of ether oxygens (including phenoxy) is 3. The van der Waals surface area contributed by atoms with E-state index in [9.17, 15) is 53.1 Å². The zero-order valence-electron chi connectivity index (χ0n) is 46.1. The summed E-state index contributed by atoms with van der Waals surface area (Å²) in [6, 6.07) is -9.71. The molecule has 8 atom stereocenters. The second kappa shape index (κ2) is 31.0. The van der Waals surface area contributed by atoms with Crippen LogP contribution in [0, 0.1) is 11.8 Å². The number of rotatable bonds is 16. The van der Waals surface area contributed by atoms with E-state index >= 15 is 0 Å². The Morgan fingerprint density at radius 2 is 0.838 bits per heavy atom. The summed E-state index contributed by atoms with van der Waals surface area (Å²) in [6.45, 7) is 23.1. The van der Waals surface area contributed by atoms with Crippen molar-refractivity contribution in [1.29, 1.82) is 0 Å². The molecule has 0 aromatic heterocycles. The minimum absolute atomic E-state index is 0.0151. The third-order valence-corrected chi connectivity index (χ3v) is 10.5. The Labute approximate surface area is 436 Å². The van der Waals surface area contributed by atoms with Crippen LogP contribution in [0.2, 0.25) is 0 Å². The highest BCUT2D eigenvalue weighted by Crippen LogP contribution is 2.14. The number of carbonyl (C=O) groups excluding carboxylic acids is 10. The molecule has 74 heavy (non-hydrogen) atoms. The maximum atomic E-state index is 14.4. The summed E-state index contributed by atoms with van der Waals surface area (Å²) < 4.78 is 15.9. The van der Waals surface area contributed by atoms with Crippen LogP contribution in [-0.2, 0) is 47.8 Å². The fourth-order valence-corrected chi connectivity index (χ4v) is 7.09. The van der Waals surface area contributed by atoms with E-state index < -0.39 is 125 Å². The van der Waals surface area contributed by atoms with Gasteiger partial charge in [-0.1, -0.05) is 27.7 Å². The molecular formula is C49H89N11O14. The molecule has 1 aliphatic rings. The lowest BCUT2D eigenvalue weighted by Gasteiger charge is -2.29. The molecule has 1 fully saturated rings. The Morgan fingerprint density at radius 1 is 0.514 bits per heavy atom. The van der Waals surface area contributed by atoms with Crippen LogP contribution in [0.3, 0.4) is 0 Å². The summed E-state index contributed by atoms with van der Waals surface area (Å²) in [6.07, 6.45) is -4.04. The monoisotopic (exact) mass is 1060 g/mol. The van der Waals surface area contributed by atoms with E-state index in [2.05, 4.69) is 53.2 Å². The van der Waals surface area contributed by atoms with Crippen molar-refractivity contribution in [2.45, 2.75) is 213 Å². The van der Waals surface area contributed by atoms with Gasteiger partial charge in [-0.25, -0.2) is 14.4 Å². The zero-order valence-corrected chi connectivity index (χ0v) is 46.1. The second-order valence-electron chi connectivity index (χ2n) is 22.3. The predicted octanol–water partition coefficient (Wildman–Crippen LogP) is 0.740. The van der Waals surface area contributed by atoms with Crippen molar-refractivity contribution in [1.82, 2.24) is 53.2 Å². The molecule has 0 radical (unpaired) electrons. The van der Waals surface area contributed by atoms with Crippen LogP contribution < -0.4 is 58.9 Å². The van der Waals surface area contributed by atoms with Gasteiger partial charge in [0.1, 0.15) is 53.1 Å². The summed E-state index contributed by atoms with van der Waals surface area (Å²) >= 11 is 0. The second-order valence-corrected chi connectivity index (χ2v) is 22.3. The van der Waals surface area contributed by atoms with Gasteiger partial charge in [0, 0.05) is 26.2 Å². The van der Waals surface area contributed by atoms with Crippen LogP contribution in [0.25, 0.3) is 0 Å². The molecule has 1 unspecified atom stereocenters. The summed E-state index contributed by atoms with van der Waals surface area (Å²) in [4.78, 5) is 136. The van der Waals surface area contributed by atoms with Gasteiger partial charge >= 0.3 is 18.3 Å². The first-order valence-corrected chi connectivity index (χ1v) is 25.5. The molecule has 1 aliphatic heterocycles. The van der Waals surface area contributed by atoms with Gasteiger partial charge in [-0.3, -0.25) is 33.6 Å². The van der Waals surface area contributed by atoms with Crippen molar-refractivity contribution < 1.29 is 67.3 Å². The lowest BCUT2D eigenvalue weighted by molar-refractivity contribution is -0.136. The highest BCUT2D eigenvalue weighted by Gasteiger charge is 2.36. The van der Waals surface area contributed by atoms with Crippen LogP contribution in [0.5, 0.6) is 0 Å². The molecule has 13 N–H and O–H groups in total. The smallest absolute Gasteiger partial charge is 0.407 e. The van der Waals surface area contributed by atoms with Crippen LogP contribution in [0.15, 0.2) is 0 Å². The average Bonchev–Trinajstić information content (AvgIpc) is 3.23. The SMILES string of the molecule is CC(C)C[C@@H]1NC(=O)[C@@H](CC(C)C)NC(=O)[C@H](CCCNC(=O)OC(C)(C)C)NC(=O)[C@@H](N)CCNC(=O)[C@H](C(C)O)NC(=O)[C@H](CCNC(=O)OC(C)(C)C)NC(=O)[C@H](CCCNC(=O)OC(C)(C)C)NC1=O. The van der Waals surface area contributed by atoms with Crippen molar-refractivity contribution in [3.05, 3.63) is 0 Å². The van der Waals surface area contributed by atoms with Gasteiger partial charge in [-0.05, 0) is 132 Å². The minimum Gasteiger partial charge on any atom is -0.444 e. The Kier molecular flexibility index (Phi) is 27.7. The Hall–Kier alpha value is -5.98. The summed E-state index contributed by atoms with van der Waals surface area (Å²) in [5, 5.41) is 36.8. The molecule has 1 heterocycles. The first-order valence-electron chi connectivity index (χ1n) is 25.5. The number of aliphatic hydroxyl groups excluding tert-OH is 1. The molecule has 10 amide bonds. The van der Waals surface area contributed by atoms with Crippen molar-refractivity contribution in [2.75, 3.05) is 26.2 Å². The fourth-order valence-electron chi connectivity index (χ4n) is 7.09. The molecule has 0 saturated carbocycles. The molecule has 0 aromatic carbocycles. The number of aliphatic hydroxyl groups is 1. The molecule has 0 spiro atoms. The van der Waals surface area contributed by atoms with Gasteiger partial charge in [0.05, 0.1) is 12.1 Å². The van der Waals surface area contributed by atoms with Gasteiger partial charge in [0.15, 0.2) is 0 Å². The molecule has 25 heteroatoms. The van der Waals surface area contributed by atoms with Crippen LogP contribution in [0.1, 0.15) is 148 Å². The number of carbonyl (C=O) groups is 10. The largest absolute Gasteiger partial charge is 0.444 e. The van der Waals surface area contributed by atoms with E-state index in [1.54, 1.807) is 76.2 Å². The van der Waals surface area contributed by atoms with E-state index in [4.69, 9.17) is 19.9 Å². The fraction of sp³-hybridized carbons (Fsp3) is 0.796. The Balaban J connectivity index is 3.87. The number of amides is 10. The normalized spacial score (nSPS) is 23.1. The van der Waals surface area contributed by atoms with Crippen molar-refractivity contribution in [3.8, 4) is 0 Å². The van der Waals surface area contributed by atoms with Gasteiger partial charge < -0.3 is 78.2 Å². The van der Waals surface area contributed by atoms with Crippen LogP contribution in [0.4, 0.5) is 14.4 Å². The van der Waals surface area contributed by atoms with Crippen LogP contribution in [-0.4, -0.2) is 156 Å². The van der Waals surface area contributed by atoms with E-state index in [0.29, 0.717) is 0 Å². The average molecular weight is 1060 g/mol. The first-order chi connectivity index (χ1) is 34.1. The summed E-state index contributed by atoms with van der Waals surface area (Å²) in [5.74, 6) is -6.28. The first kappa shape index (κ1) is 66.0. The molecule has 25 nitrogen and oxygen atoms in total. The number of alkyl carbamates (subject to hydrolysis) is 3. The number of nitrogens with two attached hydrogens (primary N) is 1. The van der Waals surface area contributed by atoms with Gasteiger partial charge in [-0.15, -0.1) is 0 Å². The molecular weight excluding hydrogens is 967 g/mol. The van der Waals surface area contributed by atoms with E-state index in [-0.39, 0.29) is 89.4 Å². The quantitative estimate of drug-likeness (QED) is 0.0749. The third kappa shape index (κ3) is 28.5. The van der Waals surface area contributed by atoms with Crippen molar-refractivity contribution in [3.63, 3.8) is 0 Å². The minimum atomic E-state index is -1.62. The van der Waals surface area contributed by atoms with E-state index in [1.165, 1.54) is 6.92 Å². The highest BCUT2D eigenvalue weighted by atomic mass is 16.6. The van der Waals surface area contributed by atoms with Crippen molar-refractivity contribution >= 4 is 59.6 Å². The van der Waals surface area contributed by atoms with Gasteiger partial charge in [0.25, 0.3) is 0 Å². The summed E-state index contributed by atoms with van der Waals surface area (Å²) in [5.41, 5.74) is 3.79. The number of nitrogens with one attached hydrogen (secondary N) is 10. The predicted molar refractivity (Wildman–Crippen MR) is 274 cm³/mol. The molecule has 1 saturated heterocycles. The van der Waals surface area contributed by atoms with E-state index in [0.717, 1.165) is 0 Å². The Bertz CT molecular complexity index is 1900. The lowest BCUT2D eigenvalue weighted by Crippen LogP contribution is -2.61. The third-order valence-electron chi connectivity index (χ3n) is 10.5. The lowest BCUT2D eigenvalue weighted by atomic mass is 9.99.